The highest BCUT2D eigenvalue weighted by molar-refractivity contribution is 5.44. The smallest absolute Gasteiger partial charge is 0.451 e. The molecule has 0 aromatic carbocycles. The fourth-order valence-electron chi connectivity index (χ4n) is 2.70. The average molecular weight is 302 g/mol. The normalized spacial score (nSPS) is 15.2. The summed E-state index contributed by atoms with van der Waals surface area (Å²) >= 11 is 0. The van der Waals surface area contributed by atoms with Crippen molar-refractivity contribution in [2.24, 2.45) is 0 Å². The van der Waals surface area contributed by atoms with E-state index in [4.69, 9.17) is 0 Å². The van der Waals surface area contributed by atoms with Crippen molar-refractivity contribution in [1.29, 1.82) is 0 Å². The van der Waals surface area contributed by atoms with Crippen molar-refractivity contribution < 1.29 is 22.7 Å². The van der Waals surface area contributed by atoms with E-state index >= 15 is 0 Å². The lowest BCUT2D eigenvalue weighted by atomic mass is 10.1. The van der Waals surface area contributed by atoms with Gasteiger partial charge in [0.25, 0.3) is 0 Å². The molecule has 0 atom stereocenters. The van der Waals surface area contributed by atoms with Gasteiger partial charge in [-0.2, -0.15) is 13.2 Å². The van der Waals surface area contributed by atoms with Gasteiger partial charge in [-0.05, 0) is 26.2 Å². The van der Waals surface area contributed by atoms with E-state index < -0.39 is 29.2 Å². The van der Waals surface area contributed by atoms with Crippen molar-refractivity contribution in [3.8, 4) is 11.6 Å². The predicted molar refractivity (Wildman–Crippen MR) is 66.6 cm³/mol. The first-order valence-electron chi connectivity index (χ1n) is 6.52. The monoisotopic (exact) mass is 302 g/mol. The average Bonchev–Trinajstić information content (AvgIpc) is 2.90. The van der Waals surface area contributed by atoms with E-state index in [0.717, 1.165) is 18.9 Å². The van der Waals surface area contributed by atoms with Crippen LogP contribution < -0.4 is 5.69 Å². The molecule has 3 rings (SSSR count). The molecule has 0 saturated carbocycles. The minimum Gasteiger partial charge on any atom is -0.493 e. The summed E-state index contributed by atoms with van der Waals surface area (Å²) in [5, 5.41) is 10.1. The van der Waals surface area contributed by atoms with Crippen LogP contribution >= 0.6 is 0 Å². The number of hydrogen-bond donors (Lipinski definition) is 1. The van der Waals surface area contributed by atoms with Gasteiger partial charge in [0, 0.05) is 12.6 Å². The van der Waals surface area contributed by atoms with E-state index in [1.807, 2.05) is 0 Å². The number of halogens is 3. The summed E-state index contributed by atoms with van der Waals surface area (Å²) < 4.78 is 45.7. The van der Waals surface area contributed by atoms with Crippen molar-refractivity contribution in [3.05, 3.63) is 33.8 Å². The van der Waals surface area contributed by atoms with E-state index in [1.54, 1.807) is 0 Å². The van der Waals surface area contributed by atoms with Gasteiger partial charge >= 0.3 is 11.9 Å². The maximum absolute atomic E-state index is 13.0. The van der Waals surface area contributed by atoms with E-state index in [1.165, 1.54) is 11.5 Å². The number of aromatic nitrogens is 2. The van der Waals surface area contributed by atoms with Gasteiger partial charge in [0.1, 0.15) is 11.4 Å². The summed E-state index contributed by atoms with van der Waals surface area (Å²) in [6.07, 6.45) is -2.73. The lowest BCUT2D eigenvalue weighted by molar-refractivity contribution is -0.153. The molecular weight excluding hydrogens is 289 g/mol. The Morgan fingerprint density at radius 3 is 2.67 bits per heavy atom. The third-order valence-electron chi connectivity index (χ3n) is 3.60. The Kier molecular flexibility index (Phi) is 2.93. The van der Waals surface area contributed by atoms with E-state index in [-0.39, 0.29) is 5.76 Å². The van der Waals surface area contributed by atoms with Crippen LogP contribution in [0.3, 0.4) is 0 Å². The molecule has 114 valence electrons. The zero-order valence-electron chi connectivity index (χ0n) is 11.2. The molecule has 0 unspecified atom stereocenters. The van der Waals surface area contributed by atoms with Crippen molar-refractivity contribution in [2.75, 3.05) is 0 Å². The summed E-state index contributed by atoms with van der Waals surface area (Å²) in [5.41, 5.74) is -0.767. The van der Waals surface area contributed by atoms with Crippen LogP contribution in [-0.4, -0.2) is 14.2 Å². The number of hydrogen-bond acceptors (Lipinski definition) is 3. The number of furan rings is 1. The molecule has 3 heterocycles. The van der Waals surface area contributed by atoms with E-state index in [2.05, 4.69) is 4.42 Å². The minimum absolute atomic E-state index is 0.0211. The second-order valence-electron chi connectivity index (χ2n) is 5.07. The topological polar surface area (TPSA) is 60.3 Å². The number of nitrogens with zero attached hydrogens (tertiary/aromatic N) is 2. The molecule has 0 fully saturated rings. The highest BCUT2D eigenvalue weighted by atomic mass is 19.4. The summed E-state index contributed by atoms with van der Waals surface area (Å²) in [7, 11) is 0. The first-order chi connectivity index (χ1) is 9.80. The van der Waals surface area contributed by atoms with E-state index in [0.29, 0.717) is 23.2 Å². The van der Waals surface area contributed by atoms with Gasteiger partial charge in [0.05, 0.1) is 5.69 Å². The molecular formula is C13H13F3N2O3. The fraction of sp³-hybridized carbons (Fsp3) is 0.462. The van der Waals surface area contributed by atoms with Crippen molar-refractivity contribution in [2.45, 2.75) is 38.9 Å². The van der Waals surface area contributed by atoms with Crippen LogP contribution in [-0.2, 0) is 19.1 Å². The van der Waals surface area contributed by atoms with Crippen molar-refractivity contribution >= 4 is 0 Å². The van der Waals surface area contributed by atoms with Crippen LogP contribution in [0.2, 0.25) is 0 Å². The largest absolute Gasteiger partial charge is 0.493 e. The molecule has 2 aromatic heterocycles. The molecule has 0 bridgehead atoms. The van der Waals surface area contributed by atoms with Gasteiger partial charge in [-0.25, -0.2) is 9.36 Å². The number of fused-ring (bicyclic) bond motifs is 1. The zero-order chi connectivity index (χ0) is 15.4. The van der Waals surface area contributed by atoms with Gasteiger partial charge in [-0.3, -0.25) is 4.57 Å². The van der Waals surface area contributed by atoms with Gasteiger partial charge in [-0.15, -0.1) is 0 Å². The Morgan fingerprint density at radius 1 is 1.33 bits per heavy atom. The van der Waals surface area contributed by atoms with Crippen LogP contribution in [0.1, 0.15) is 30.1 Å². The lowest BCUT2D eigenvalue weighted by Gasteiger charge is -2.11. The van der Waals surface area contributed by atoms with Gasteiger partial charge in [0.15, 0.2) is 0 Å². The molecule has 0 radical (unpaired) electrons. The fourth-order valence-corrected chi connectivity index (χ4v) is 2.70. The SMILES string of the molecule is Cc1cc(-n2c(O)c3n(c2=O)CCCC3)c(C(F)(F)F)o1. The van der Waals surface area contributed by atoms with Gasteiger partial charge < -0.3 is 9.52 Å². The molecule has 0 amide bonds. The Hall–Kier alpha value is -2.12. The quantitative estimate of drug-likeness (QED) is 0.881. The molecule has 0 saturated heterocycles. The number of aryl methyl sites for hydroxylation is 1. The summed E-state index contributed by atoms with van der Waals surface area (Å²) in [5.74, 6) is -1.70. The second-order valence-corrected chi connectivity index (χ2v) is 5.07. The Balaban J connectivity index is 2.28. The standard InChI is InChI=1S/C13H13F3N2O3/c1-7-6-9(10(21-7)13(14,15)16)18-11(19)8-4-2-3-5-17(8)12(18)20/h6,19H,2-5H2,1H3. The second kappa shape index (κ2) is 4.44. The van der Waals surface area contributed by atoms with Crippen LogP contribution in [0.15, 0.2) is 15.3 Å². The summed E-state index contributed by atoms with van der Waals surface area (Å²) in [6.45, 7) is 1.75. The Morgan fingerprint density at radius 2 is 2.05 bits per heavy atom. The Labute approximate surface area is 117 Å². The maximum atomic E-state index is 13.0. The number of rotatable bonds is 1. The number of aromatic hydroxyl groups is 1. The number of alkyl halides is 3. The lowest BCUT2D eigenvalue weighted by Crippen LogP contribution is -2.26. The molecule has 8 heteroatoms. The van der Waals surface area contributed by atoms with Crippen molar-refractivity contribution in [3.63, 3.8) is 0 Å². The highest BCUT2D eigenvalue weighted by Crippen LogP contribution is 2.37. The molecule has 0 aliphatic carbocycles. The third kappa shape index (κ3) is 2.05. The molecule has 5 nitrogen and oxygen atoms in total. The Bertz CT molecular complexity index is 752. The van der Waals surface area contributed by atoms with Crippen LogP contribution in [0.25, 0.3) is 5.69 Å². The number of imidazole rings is 1. The minimum atomic E-state index is -4.74. The van der Waals surface area contributed by atoms with E-state index in [9.17, 15) is 23.1 Å². The van der Waals surface area contributed by atoms with Crippen LogP contribution in [0, 0.1) is 6.92 Å². The zero-order valence-corrected chi connectivity index (χ0v) is 11.2. The van der Waals surface area contributed by atoms with Crippen LogP contribution in [0.4, 0.5) is 13.2 Å². The molecule has 1 aliphatic rings. The maximum Gasteiger partial charge on any atom is 0.451 e. The first-order valence-corrected chi connectivity index (χ1v) is 6.52. The first kappa shape index (κ1) is 13.8. The highest BCUT2D eigenvalue weighted by Gasteiger charge is 2.40. The predicted octanol–water partition coefficient (Wildman–Crippen LogP) is 2.60. The molecule has 0 spiro atoms. The van der Waals surface area contributed by atoms with Crippen LogP contribution in [0.5, 0.6) is 5.88 Å². The molecule has 1 N–H and O–H groups in total. The molecule has 2 aromatic rings. The van der Waals surface area contributed by atoms with Crippen molar-refractivity contribution in [1.82, 2.24) is 9.13 Å². The van der Waals surface area contributed by atoms with Gasteiger partial charge in [0.2, 0.25) is 11.6 Å². The third-order valence-corrected chi connectivity index (χ3v) is 3.60. The van der Waals surface area contributed by atoms with Gasteiger partial charge in [-0.1, -0.05) is 0 Å². The molecule has 21 heavy (non-hydrogen) atoms. The summed E-state index contributed by atoms with van der Waals surface area (Å²) in [4.78, 5) is 12.3. The summed E-state index contributed by atoms with van der Waals surface area (Å²) in [6, 6.07) is 1.11. The molecule has 1 aliphatic heterocycles.